The molecule has 0 aliphatic carbocycles. The molecule has 1 aromatic heterocycles. The number of aromatic nitrogens is 2. The normalized spacial score (nSPS) is 10.3. The van der Waals surface area contributed by atoms with Gasteiger partial charge in [0.2, 0.25) is 5.91 Å². The zero-order chi connectivity index (χ0) is 21.5. The summed E-state index contributed by atoms with van der Waals surface area (Å²) < 4.78 is 20.7. The van der Waals surface area contributed by atoms with E-state index in [1.807, 2.05) is 18.2 Å². The molecule has 9 heteroatoms. The van der Waals surface area contributed by atoms with Crippen LogP contribution in [0, 0.1) is 5.82 Å². The average Bonchev–Trinajstić information content (AvgIpc) is 2.72. The van der Waals surface area contributed by atoms with E-state index >= 15 is 0 Å². The van der Waals surface area contributed by atoms with Crippen molar-refractivity contribution in [3.05, 3.63) is 82.5 Å². The zero-order valence-corrected chi connectivity index (χ0v) is 16.1. The number of hydrogen-bond acceptors (Lipinski definition) is 5. The molecule has 0 saturated carbocycles. The van der Waals surface area contributed by atoms with E-state index in [4.69, 9.17) is 4.74 Å². The number of ether oxygens (including phenoxy) is 1. The first-order chi connectivity index (χ1) is 14.4. The largest absolute Gasteiger partial charge is 0.492 e. The van der Waals surface area contributed by atoms with E-state index in [-0.39, 0.29) is 30.4 Å². The molecule has 0 fully saturated rings. The van der Waals surface area contributed by atoms with Crippen molar-refractivity contribution in [3.63, 3.8) is 0 Å². The van der Waals surface area contributed by atoms with Crippen molar-refractivity contribution in [2.75, 3.05) is 17.2 Å². The van der Waals surface area contributed by atoms with Gasteiger partial charge in [-0.1, -0.05) is 18.2 Å². The maximum Gasteiger partial charge on any atom is 0.276 e. The average molecular weight is 410 g/mol. The maximum absolute atomic E-state index is 14.0. The SMILES string of the molecule is CC(=O)Nc1ccc(F)c(NC(=O)c2ccc(=O)n(CCOc3ccccc3)n2)c1. The first-order valence-corrected chi connectivity index (χ1v) is 9.07. The summed E-state index contributed by atoms with van der Waals surface area (Å²) in [6.45, 7) is 1.62. The molecule has 154 valence electrons. The Labute approximate surface area is 171 Å². The smallest absolute Gasteiger partial charge is 0.276 e. The molecule has 0 atom stereocenters. The number of nitrogens with one attached hydrogen (secondary N) is 2. The van der Waals surface area contributed by atoms with Crippen molar-refractivity contribution in [2.45, 2.75) is 13.5 Å². The monoisotopic (exact) mass is 410 g/mol. The molecular weight excluding hydrogens is 391 g/mol. The first kappa shape index (κ1) is 20.7. The van der Waals surface area contributed by atoms with Gasteiger partial charge in [-0.2, -0.15) is 5.10 Å². The molecule has 0 aliphatic heterocycles. The lowest BCUT2D eigenvalue weighted by Crippen LogP contribution is -2.28. The third kappa shape index (κ3) is 5.51. The Bertz CT molecular complexity index is 1120. The predicted molar refractivity (Wildman–Crippen MR) is 109 cm³/mol. The molecule has 0 saturated heterocycles. The molecule has 0 spiro atoms. The van der Waals surface area contributed by atoms with Gasteiger partial charge in [-0.25, -0.2) is 9.07 Å². The second kappa shape index (κ2) is 9.46. The molecule has 0 unspecified atom stereocenters. The van der Waals surface area contributed by atoms with Gasteiger partial charge in [-0.05, 0) is 36.4 Å². The number of amides is 2. The zero-order valence-electron chi connectivity index (χ0n) is 16.1. The van der Waals surface area contributed by atoms with Gasteiger partial charge in [0.05, 0.1) is 12.2 Å². The fourth-order valence-electron chi connectivity index (χ4n) is 2.59. The standard InChI is InChI=1S/C21H19FN4O4/c1-14(27)23-15-7-8-17(22)19(13-15)24-21(29)18-9-10-20(28)26(25-18)11-12-30-16-5-3-2-4-6-16/h2-10,13H,11-12H2,1H3,(H,23,27)(H,24,29). The Kier molecular flexibility index (Phi) is 6.53. The molecule has 1 heterocycles. The lowest BCUT2D eigenvalue weighted by atomic mass is 10.2. The number of benzene rings is 2. The molecule has 3 rings (SSSR count). The minimum Gasteiger partial charge on any atom is -0.492 e. The Morgan fingerprint density at radius 2 is 1.83 bits per heavy atom. The maximum atomic E-state index is 14.0. The fourth-order valence-corrected chi connectivity index (χ4v) is 2.59. The van der Waals surface area contributed by atoms with Crippen molar-refractivity contribution in [2.24, 2.45) is 0 Å². The fraction of sp³-hybridized carbons (Fsp3) is 0.143. The molecule has 2 amide bonds. The third-order valence-electron chi connectivity index (χ3n) is 3.95. The minimum atomic E-state index is -0.702. The molecule has 3 aromatic rings. The lowest BCUT2D eigenvalue weighted by molar-refractivity contribution is -0.114. The highest BCUT2D eigenvalue weighted by Gasteiger charge is 2.13. The van der Waals surface area contributed by atoms with Gasteiger partial charge in [-0.15, -0.1) is 0 Å². The minimum absolute atomic E-state index is 0.0707. The number of carbonyl (C=O) groups excluding carboxylic acids is 2. The molecule has 2 aromatic carbocycles. The second-order valence-electron chi connectivity index (χ2n) is 6.27. The summed E-state index contributed by atoms with van der Waals surface area (Å²) in [5, 5.41) is 8.92. The lowest BCUT2D eigenvalue weighted by Gasteiger charge is -2.10. The summed E-state index contributed by atoms with van der Waals surface area (Å²) in [6, 6.07) is 15.3. The first-order valence-electron chi connectivity index (χ1n) is 9.07. The number of rotatable bonds is 7. The van der Waals surface area contributed by atoms with Gasteiger partial charge in [0.1, 0.15) is 23.9 Å². The van der Waals surface area contributed by atoms with Gasteiger partial charge in [0, 0.05) is 18.7 Å². The Balaban J connectivity index is 1.70. The number of hydrogen-bond donors (Lipinski definition) is 2. The summed E-state index contributed by atoms with van der Waals surface area (Å²) in [5.41, 5.74) is -0.269. The molecule has 30 heavy (non-hydrogen) atoms. The van der Waals surface area contributed by atoms with E-state index < -0.39 is 17.3 Å². The highest BCUT2D eigenvalue weighted by molar-refractivity contribution is 6.03. The van der Waals surface area contributed by atoms with Gasteiger partial charge < -0.3 is 15.4 Å². The summed E-state index contributed by atoms with van der Waals surface area (Å²) in [5.74, 6) is -1.06. The van der Waals surface area contributed by atoms with Crippen LogP contribution >= 0.6 is 0 Å². The van der Waals surface area contributed by atoms with Crippen LogP contribution in [0.5, 0.6) is 5.75 Å². The van der Waals surface area contributed by atoms with Crippen molar-refractivity contribution in [1.82, 2.24) is 9.78 Å². The highest BCUT2D eigenvalue weighted by atomic mass is 19.1. The van der Waals surface area contributed by atoms with E-state index in [2.05, 4.69) is 15.7 Å². The van der Waals surface area contributed by atoms with Crippen LogP contribution in [-0.4, -0.2) is 28.2 Å². The van der Waals surface area contributed by atoms with E-state index in [9.17, 15) is 18.8 Å². The van der Waals surface area contributed by atoms with Crippen LogP contribution in [0.4, 0.5) is 15.8 Å². The quantitative estimate of drug-likeness (QED) is 0.624. The van der Waals surface area contributed by atoms with Gasteiger partial charge in [0.15, 0.2) is 0 Å². The van der Waals surface area contributed by atoms with Crippen LogP contribution in [0.2, 0.25) is 0 Å². The predicted octanol–water partition coefficient (Wildman–Crippen LogP) is 2.67. The summed E-state index contributed by atoms with van der Waals surface area (Å²) in [4.78, 5) is 35.6. The molecular formula is C21H19FN4O4. The molecule has 0 bridgehead atoms. The van der Waals surface area contributed by atoms with E-state index in [0.717, 1.165) is 10.7 Å². The Morgan fingerprint density at radius 1 is 1.07 bits per heavy atom. The number of para-hydroxylation sites is 1. The van der Waals surface area contributed by atoms with Crippen LogP contribution in [0.25, 0.3) is 0 Å². The van der Waals surface area contributed by atoms with Crippen LogP contribution in [-0.2, 0) is 11.3 Å². The third-order valence-corrected chi connectivity index (χ3v) is 3.95. The number of nitrogens with zero attached hydrogens (tertiary/aromatic N) is 2. The molecule has 2 N–H and O–H groups in total. The summed E-state index contributed by atoms with van der Waals surface area (Å²) in [7, 11) is 0. The van der Waals surface area contributed by atoms with E-state index in [1.54, 1.807) is 12.1 Å². The molecule has 8 nitrogen and oxygen atoms in total. The number of halogens is 1. The van der Waals surface area contributed by atoms with Gasteiger partial charge >= 0.3 is 0 Å². The van der Waals surface area contributed by atoms with Crippen LogP contribution in [0.1, 0.15) is 17.4 Å². The topological polar surface area (TPSA) is 102 Å². The second-order valence-corrected chi connectivity index (χ2v) is 6.27. The highest BCUT2D eigenvalue weighted by Crippen LogP contribution is 2.20. The van der Waals surface area contributed by atoms with Crippen molar-refractivity contribution in [3.8, 4) is 5.75 Å². The van der Waals surface area contributed by atoms with Gasteiger partial charge in [0.25, 0.3) is 11.5 Å². The van der Waals surface area contributed by atoms with Crippen molar-refractivity contribution >= 4 is 23.2 Å². The summed E-state index contributed by atoms with van der Waals surface area (Å²) >= 11 is 0. The van der Waals surface area contributed by atoms with Crippen LogP contribution < -0.4 is 20.9 Å². The number of carbonyl (C=O) groups is 2. The Morgan fingerprint density at radius 3 is 2.57 bits per heavy atom. The van der Waals surface area contributed by atoms with Crippen molar-refractivity contribution < 1.29 is 18.7 Å². The van der Waals surface area contributed by atoms with E-state index in [1.165, 1.54) is 31.2 Å². The molecule has 0 radical (unpaired) electrons. The van der Waals surface area contributed by atoms with Crippen molar-refractivity contribution in [1.29, 1.82) is 0 Å². The number of anilines is 2. The molecule has 0 aliphatic rings. The van der Waals surface area contributed by atoms with Gasteiger partial charge in [-0.3, -0.25) is 14.4 Å². The van der Waals surface area contributed by atoms with Crippen LogP contribution in [0.3, 0.4) is 0 Å². The Hall–Kier alpha value is -4.01. The van der Waals surface area contributed by atoms with Crippen LogP contribution in [0.15, 0.2) is 65.5 Å². The summed E-state index contributed by atoms with van der Waals surface area (Å²) in [6.07, 6.45) is 0. The van der Waals surface area contributed by atoms with E-state index in [0.29, 0.717) is 11.4 Å².